The highest BCUT2D eigenvalue weighted by molar-refractivity contribution is 5.73. The van der Waals surface area contributed by atoms with Crippen LogP contribution in [0, 0.1) is 5.82 Å². The summed E-state index contributed by atoms with van der Waals surface area (Å²) in [6.07, 6.45) is -0.605. The zero-order chi connectivity index (χ0) is 13.7. The number of halogens is 1. The number of rotatable bonds is 4. The molecule has 1 unspecified atom stereocenters. The minimum atomic E-state index is -0.723. The number of hydrogen-bond acceptors (Lipinski definition) is 3. The lowest BCUT2D eigenvalue weighted by molar-refractivity contribution is 0.143. The molecule has 1 aromatic carbocycles. The summed E-state index contributed by atoms with van der Waals surface area (Å²) in [7, 11) is 1.56. The predicted octanol–water partition coefficient (Wildman–Crippen LogP) is 1.05. The molecule has 2 amide bonds. The molecule has 0 spiro atoms. The van der Waals surface area contributed by atoms with Crippen molar-refractivity contribution < 1.29 is 19.4 Å². The van der Waals surface area contributed by atoms with E-state index in [-0.39, 0.29) is 19.1 Å². The van der Waals surface area contributed by atoms with E-state index in [9.17, 15) is 9.18 Å². The van der Waals surface area contributed by atoms with E-state index in [1.807, 2.05) is 0 Å². The number of aromatic hydroxyl groups is 1. The van der Waals surface area contributed by atoms with Crippen molar-refractivity contribution in [2.24, 2.45) is 0 Å². The summed E-state index contributed by atoms with van der Waals surface area (Å²) in [5.41, 5.74) is 0.545. The quantitative estimate of drug-likeness (QED) is 0.754. The van der Waals surface area contributed by atoms with E-state index in [0.29, 0.717) is 5.56 Å². The van der Waals surface area contributed by atoms with Crippen LogP contribution in [0.5, 0.6) is 5.75 Å². The van der Waals surface area contributed by atoms with Gasteiger partial charge in [-0.15, -0.1) is 0 Å². The molecule has 1 atom stereocenters. The second-order valence-corrected chi connectivity index (χ2v) is 4.17. The van der Waals surface area contributed by atoms with Gasteiger partial charge in [0.1, 0.15) is 0 Å². The molecule has 1 aromatic rings. The molecule has 3 N–H and O–H groups in total. The molecular formula is C12H17FN2O3. The topological polar surface area (TPSA) is 72.8 Å². The lowest BCUT2D eigenvalue weighted by atomic mass is 10.2. The molecule has 5 nitrogen and oxygen atoms in total. The maximum atomic E-state index is 13.0. The largest absolute Gasteiger partial charge is 0.505 e. The number of phenols is 1. The highest BCUT2D eigenvalue weighted by Gasteiger charge is 2.10. The molecule has 0 aliphatic rings. The van der Waals surface area contributed by atoms with E-state index in [4.69, 9.17) is 10.2 Å². The number of amides is 2. The van der Waals surface area contributed by atoms with Gasteiger partial charge in [-0.3, -0.25) is 0 Å². The average molecular weight is 256 g/mol. The lowest BCUT2D eigenvalue weighted by Gasteiger charge is -2.19. The fraction of sp³-hybridized carbons (Fsp3) is 0.417. The number of aliphatic hydroxyl groups is 1. The summed E-state index contributed by atoms with van der Waals surface area (Å²) < 4.78 is 13.0. The molecule has 0 aliphatic heterocycles. The molecule has 6 heteroatoms. The molecule has 18 heavy (non-hydrogen) atoms. The van der Waals surface area contributed by atoms with Gasteiger partial charge in [0.2, 0.25) is 0 Å². The third-order valence-electron chi connectivity index (χ3n) is 2.34. The summed E-state index contributed by atoms with van der Waals surface area (Å²) in [6, 6.07) is 3.55. The second kappa shape index (κ2) is 6.20. The Kier molecular flexibility index (Phi) is 4.91. The maximum Gasteiger partial charge on any atom is 0.317 e. The van der Waals surface area contributed by atoms with Crippen LogP contribution < -0.4 is 5.32 Å². The van der Waals surface area contributed by atoms with Crippen molar-refractivity contribution in [1.29, 1.82) is 0 Å². The molecule has 0 aromatic heterocycles. The molecule has 0 saturated carbocycles. The zero-order valence-electron chi connectivity index (χ0n) is 10.4. The fourth-order valence-electron chi connectivity index (χ4n) is 1.45. The zero-order valence-corrected chi connectivity index (χ0v) is 10.4. The Hall–Kier alpha value is -1.82. The lowest BCUT2D eigenvalue weighted by Crippen LogP contribution is -2.40. The first kappa shape index (κ1) is 14.2. The number of carbonyl (C=O) groups excluding carboxylic acids is 1. The van der Waals surface area contributed by atoms with Crippen LogP contribution in [0.2, 0.25) is 0 Å². The number of urea groups is 1. The minimum Gasteiger partial charge on any atom is -0.505 e. The Morgan fingerprint density at radius 2 is 2.22 bits per heavy atom. The van der Waals surface area contributed by atoms with Crippen molar-refractivity contribution >= 4 is 6.03 Å². The molecule has 100 valence electrons. The molecular weight excluding hydrogens is 239 g/mol. The second-order valence-electron chi connectivity index (χ2n) is 4.17. The minimum absolute atomic E-state index is 0.153. The fourth-order valence-corrected chi connectivity index (χ4v) is 1.45. The van der Waals surface area contributed by atoms with Crippen LogP contribution in [-0.2, 0) is 6.54 Å². The molecule has 0 fully saturated rings. The first-order chi connectivity index (χ1) is 8.40. The number of nitrogens with zero attached hydrogens (tertiary/aromatic N) is 1. The van der Waals surface area contributed by atoms with Gasteiger partial charge in [-0.05, 0) is 24.6 Å². The van der Waals surface area contributed by atoms with E-state index >= 15 is 0 Å². The smallest absolute Gasteiger partial charge is 0.317 e. The van der Waals surface area contributed by atoms with Crippen molar-refractivity contribution in [2.75, 3.05) is 13.6 Å². The normalized spacial score (nSPS) is 12.0. The van der Waals surface area contributed by atoms with Gasteiger partial charge in [0.15, 0.2) is 11.6 Å². The SMILES string of the molecule is CC(O)CN(C)C(=O)NCc1ccc(O)c(F)c1. The van der Waals surface area contributed by atoms with Crippen molar-refractivity contribution in [1.82, 2.24) is 10.2 Å². The van der Waals surface area contributed by atoms with Crippen molar-refractivity contribution in [2.45, 2.75) is 19.6 Å². The number of aliphatic hydroxyl groups excluding tert-OH is 1. The molecule has 0 bridgehead atoms. The van der Waals surface area contributed by atoms with Crippen LogP contribution in [0.3, 0.4) is 0 Å². The predicted molar refractivity (Wildman–Crippen MR) is 64.6 cm³/mol. The molecule has 0 saturated heterocycles. The van der Waals surface area contributed by atoms with Gasteiger partial charge in [0, 0.05) is 20.1 Å². The van der Waals surface area contributed by atoms with Gasteiger partial charge >= 0.3 is 6.03 Å². The van der Waals surface area contributed by atoms with Gasteiger partial charge in [-0.1, -0.05) is 6.07 Å². The number of nitrogens with one attached hydrogen (secondary N) is 1. The maximum absolute atomic E-state index is 13.0. The van der Waals surface area contributed by atoms with E-state index in [0.717, 1.165) is 6.07 Å². The average Bonchev–Trinajstić information content (AvgIpc) is 2.29. The Bertz CT molecular complexity index is 424. The van der Waals surface area contributed by atoms with Crippen LogP contribution in [-0.4, -0.2) is 40.8 Å². The van der Waals surface area contributed by atoms with Crippen LogP contribution >= 0.6 is 0 Å². The Morgan fingerprint density at radius 3 is 2.78 bits per heavy atom. The van der Waals surface area contributed by atoms with Gasteiger partial charge < -0.3 is 20.4 Å². The third kappa shape index (κ3) is 4.21. The first-order valence-corrected chi connectivity index (χ1v) is 5.54. The number of carbonyl (C=O) groups is 1. The van der Waals surface area contributed by atoms with E-state index < -0.39 is 17.7 Å². The van der Waals surface area contributed by atoms with Gasteiger partial charge in [0.25, 0.3) is 0 Å². The summed E-state index contributed by atoms with van der Waals surface area (Å²) in [5.74, 6) is -1.14. The molecule has 0 radical (unpaired) electrons. The Balaban J connectivity index is 2.49. The van der Waals surface area contributed by atoms with Crippen LogP contribution in [0.4, 0.5) is 9.18 Å². The van der Waals surface area contributed by atoms with Crippen molar-refractivity contribution in [3.8, 4) is 5.75 Å². The highest BCUT2D eigenvalue weighted by atomic mass is 19.1. The number of benzene rings is 1. The van der Waals surface area contributed by atoms with Gasteiger partial charge in [-0.2, -0.15) is 0 Å². The summed E-state index contributed by atoms with van der Waals surface area (Å²) in [5, 5.41) is 20.7. The monoisotopic (exact) mass is 256 g/mol. The van der Waals surface area contributed by atoms with Crippen LogP contribution in [0.25, 0.3) is 0 Å². The number of likely N-dealkylation sites (N-methyl/N-ethyl adjacent to an activating group) is 1. The van der Waals surface area contributed by atoms with Gasteiger partial charge in [0.05, 0.1) is 6.10 Å². The Labute approximate surface area is 105 Å². The van der Waals surface area contributed by atoms with Crippen LogP contribution in [0.15, 0.2) is 18.2 Å². The number of hydrogen-bond donors (Lipinski definition) is 3. The molecule has 0 heterocycles. The Morgan fingerprint density at radius 1 is 1.56 bits per heavy atom. The summed E-state index contributed by atoms with van der Waals surface area (Å²) in [4.78, 5) is 12.9. The third-order valence-corrected chi connectivity index (χ3v) is 2.34. The molecule has 0 aliphatic carbocycles. The van der Waals surface area contributed by atoms with E-state index in [2.05, 4.69) is 5.32 Å². The number of phenolic OH excluding ortho intramolecular Hbond substituents is 1. The van der Waals surface area contributed by atoms with E-state index in [1.54, 1.807) is 14.0 Å². The standard InChI is InChI=1S/C12H17FN2O3/c1-8(16)7-15(2)12(18)14-6-9-3-4-11(17)10(13)5-9/h3-5,8,16-17H,6-7H2,1-2H3,(H,14,18). The molecule has 1 rings (SSSR count). The van der Waals surface area contributed by atoms with Crippen molar-refractivity contribution in [3.05, 3.63) is 29.6 Å². The summed E-state index contributed by atoms with van der Waals surface area (Å²) in [6.45, 7) is 1.95. The van der Waals surface area contributed by atoms with Gasteiger partial charge in [-0.25, -0.2) is 9.18 Å². The highest BCUT2D eigenvalue weighted by Crippen LogP contribution is 2.15. The van der Waals surface area contributed by atoms with Crippen LogP contribution in [0.1, 0.15) is 12.5 Å². The summed E-state index contributed by atoms with van der Waals surface area (Å²) >= 11 is 0. The first-order valence-electron chi connectivity index (χ1n) is 5.54. The van der Waals surface area contributed by atoms with E-state index in [1.165, 1.54) is 17.0 Å². The van der Waals surface area contributed by atoms with Crippen molar-refractivity contribution in [3.63, 3.8) is 0 Å².